The van der Waals surface area contributed by atoms with Crippen LogP contribution in [-0.2, 0) is 16.7 Å². The molecule has 10 nitrogen and oxygen atoms in total. The van der Waals surface area contributed by atoms with Gasteiger partial charge in [-0.05, 0) is 42.5 Å². The van der Waals surface area contributed by atoms with Crippen LogP contribution in [0, 0.1) is 0 Å². The van der Waals surface area contributed by atoms with E-state index in [9.17, 15) is 28.0 Å². The molecule has 2 aromatic rings. The number of fused-ring (bicyclic) bond motifs is 1. The lowest BCUT2D eigenvalue weighted by atomic mass is 10.1. The number of benzene rings is 1. The molecule has 1 amide bonds. The molecule has 5 atom stereocenters. The maximum Gasteiger partial charge on any atom is 0.335 e. The number of carbonyl (C=O) groups excluding carboxylic acids is 1. The van der Waals surface area contributed by atoms with Gasteiger partial charge in [-0.15, -0.1) is 0 Å². The van der Waals surface area contributed by atoms with Gasteiger partial charge < -0.3 is 20.8 Å². The summed E-state index contributed by atoms with van der Waals surface area (Å²) < 4.78 is 32.6. The molecule has 0 spiro atoms. The van der Waals surface area contributed by atoms with Gasteiger partial charge in [0, 0.05) is 18.9 Å². The zero-order valence-corrected chi connectivity index (χ0v) is 18.2. The minimum absolute atomic E-state index is 0.0569. The number of hydrogen-bond donors (Lipinski definition) is 5. The van der Waals surface area contributed by atoms with E-state index >= 15 is 0 Å². The Morgan fingerprint density at radius 2 is 1.94 bits per heavy atom. The van der Waals surface area contributed by atoms with Gasteiger partial charge in [-0.2, -0.15) is 12.7 Å². The topological polar surface area (TPSA) is 152 Å². The van der Waals surface area contributed by atoms with Crippen LogP contribution in [0.5, 0.6) is 0 Å². The molecule has 0 radical (unpaired) electrons. The molecule has 32 heavy (non-hydrogen) atoms. The van der Waals surface area contributed by atoms with Crippen molar-refractivity contribution < 1.29 is 28.0 Å². The second-order valence-corrected chi connectivity index (χ2v) is 9.69. The van der Waals surface area contributed by atoms with E-state index in [1.54, 1.807) is 6.07 Å². The molecule has 4 rings (SSSR count). The lowest BCUT2D eigenvalue weighted by molar-refractivity contribution is 0.0154. The van der Waals surface area contributed by atoms with E-state index in [-0.39, 0.29) is 24.1 Å². The van der Waals surface area contributed by atoms with Gasteiger partial charge in [-0.1, -0.05) is 24.3 Å². The number of pyridine rings is 1. The van der Waals surface area contributed by atoms with Crippen molar-refractivity contribution in [1.82, 2.24) is 14.6 Å². The average molecular weight is 463 g/mol. The molecule has 2 aliphatic carbocycles. The standard InChI is InChI=1S/C21H26N4O6S/c1-25(32(29,30)31)18-11-16(19(26)20(18)27)23-13-8-9-22-17(10-13)21(28)24-15-7-6-12-4-2-3-5-14(12)15/h2-5,8-10,15-16,18-20,26-27H,6-7,11H2,1H3,(H,22,23)(H,24,28)(H,29,30,31)/t15-,16+,18+,19-,20+/m0/s1. The summed E-state index contributed by atoms with van der Waals surface area (Å²) in [6, 6.07) is 9.36. The highest BCUT2D eigenvalue weighted by molar-refractivity contribution is 7.83. The SMILES string of the molecule is CN([C@@H]1C[C@@H](Nc2ccnc(C(=O)N[C@H]3CCc4ccccc43)c2)[C@H](O)[C@@H]1O)S(=O)(=O)O. The van der Waals surface area contributed by atoms with E-state index in [1.807, 2.05) is 18.2 Å². The fourth-order valence-corrected chi connectivity index (χ4v) is 5.03. The van der Waals surface area contributed by atoms with Crippen LogP contribution in [0.2, 0.25) is 0 Å². The first-order chi connectivity index (χ1) is 15.1. The highest BCUT2D eigenvalue weighted by Crippen LogP contribution is 2.31. The van der Waals surface area contributed by atoms with E-state index in [1.165, 1.54) is 17.8 Å². The average Bonchev–Trinajstić information content (AvgIpc) is 3.29. The summed E-state index contributed by atoms with van der Waals surface area (Å²) in [4.78, 5) is 16.9. The zero-order valence-electron chi connectivity index (χ0n) is 17.4. The Labute approximate surface area is 186 Å². The minimum Gasteiger partial charge on any atom is -0.389 e. The van der Waals surface area contributed by atoms with Crippen LogP contribution in [0.4, 0.5) is 5.69 Å². The number of nitrogens with one attached hydrogen (secondary N) is 2. The number of likely N-dealkylation sites (N-methyl/N-ethyl adjacent to an activating group) is 1. The normalized spacial score (nSPS) is 27.3. The molecular weight excluding hydrogens is 436 g/mol. The van der Waals surface area contributed by atoms with Gasteiger partial charge in [0.15, 0.2) is 0 Å². The number of aryl methyl sites for hydroxylation is 1. The quantitative estimate of drug-likeness (QED) is 0.389. The molecule has 2 aliphatic rings. The Morgan fingerprint density at radius 3 is 2.69 bits per heavy atom. The van der Waals surface area contributed by atoms with Gasteiger partial charge in [0.1, 0.15) is 11.8 Å². The molecule has 1 fully saturated rings. The van der Waals surface area contributed by atoms with Gasteiger partial charge in [0.2, 0.25) is 0 Å². The second-order valence-electron chi connectivity index (χ2n) is 8.22. The minimum atomic E-state index is -4.52. The summed E-state index contributed by atoms with van der Waals surface area (Å²) >= 11 is 0. The predicted octanol–water partition coefficient (Wildman–Crippen LogP) is 0.508. The molecule has 172 valence electrons. The molecule has 0 unspecified atom stereocenters. The fraction of sp³-hybridized carbons (Fsp3) is 0.429. The van der Waals surface area contributed by atoms with Gasteiger partial charge in [-0.25, -0.2) is 0 Å². The van der Waals surface area contributed by atoms with Gasteiger partial charge >= 0.3 is 10.3 Å². The van der Waals surface area contributed by atoms with Crippen molar-refractivity contribution in [3.05, 3.63) is 59.4 Å². The van der Waals surface area contributed by atoms with Crippen molar-refractivity contribution in [1.29, 1.82) is 0 Å². The van der Waals surface area contributed by atoms with Gasteiger partial charge in [0.25, 0.3) is 5.91 Å². The molecule has 1 aromatic heterocycles. The monoisotopic (exact) mass is 462 g/mol. The summed E-state index contributed by atoms with van der Waals surface area (Å²) in [7, 11) is -3.38. The van der Waals surface area contributed by atoms with Crippen LogP contribution in [0.1, 0.15) is 40.5 Å². The lowest BCUT2D eigenvalue weighted by Crippen LogP contribution is -2.44. The summed E-state index contributed by atoms with van der Waals surface area (Å²) in [5.41, 5.74) is 3.01. The lowest BCUT2D eigenvalue weighted by Gasteiger charge is -2.23. The van der Waals surface area contributed by atoms with Crippen molar-refractivity contribution in [2.75, 3.05) is 12.4 Å². The van der Waals surface area contributed by atoms with Crippen molar-refractivity contribution >= 4 is 21.9 Å². The first kappa shape index (κ1) is 22.6. The highest BCUT2D eigenvalue weighted by Gasteiger charge is 2.46. The molecule has 1 aromatic carbocycles. The Morgan fingerprint density at radius 1 is 1.19 bits per heavy atom. The fourth-order valence-electron chi connectivity index (χ4n) is 4.48. The number of hydrogen-bond acceptors (Lipinski definition) is 7. The van der Waals surface area contributed by atoms with Crippen molar-refractivity contribution in [3.63, 3.8) is 0 Å². The van der Waals surface area contributed by atoms with E-state index in [2.05, 4.69) is 21.7 Å². The largest absolute Gasteiger partial charge is 0.389 e. The number of aliphatic hydroxyl groups excluding tert-OH is 2. The van der Waals surface area contributed by atoms with Crippen molar-refractivity contribution in [2.45, 2.75) is 49.6 Å². The first-order valence-electron chi connectivity index (χ1n) is 10.3. The number of nitrogens with zero attached hydrogens (tertiary/aromatic N) is 2. The molecule has 0 aliphatic heterocycles. The molecule has 0 bridgehead atoms. The first-order valence-corrected chi connectivity index (χ1v) is 11.7. The summed E-state index contributed by atoms with van der Waals surface area (Å²) in [5.74, 6) is -0.327. The van der Waals surface area contributed by atoms with E-state index in [0.29, 0.717) is 9.99 Å². The Hall–Kier alpha value is -2.57. The van der Waals surface area contributed by atoms with Crippen LogP contribution in [0.15, 0.2) is 42.6 Å². The smallest absolute Gasteiger partial charge is 0.335 e. The van der Waals surface area contributed by atoms with Crippen molar-refractivity contribution in [3.8, 4) is 0 Å². The number of aromatic nitrogens is 1. The van der Waals surface area contributed by atoms with E-state index < -0.39 is 34.6 Å². The number of aliphatic hydroxyl groups is 2. The third-order valence-electron chi connectivity index (χ3n) is 6.27. The van der Waals surface area contributed by atoms with Crippen LogP contribution >= 0.6 is 0 Å². The van der Waals surface area contributed by atoms with Gasteiger partial charge in [0.05, 0.1) is 24.2 Å². The Kier molecular flexibility index (Phi) is 6.19. The van der Waals surface area contributed by atoms with E-state index in [4.69, 9.17) is 0 Å². The molecule has 0 saturated heterocycles. The Balaban J connectivity index is 1.44. The van der Waals surface area contributed by atoms with Crippen LogP contribution in [0.3, 0.4) is 0 Å². The number of carbonyl (C=O) groups is 1. The van der Waals surface area contributed by atoms with Crippen LogP contribution in [-0.4, -0.2) is 69.7 Å². The second kappa shape index (κ2) is 8.75. The number of rotatable bonds is 6. The number of amides is 1. The molecule has 1 saturated carbocycles. The third kappa shape index (κ3) is 4.48. The zero-order chi connectivity index (χ0) is 23.0. The van der Waals surface area contributed by atoms with Crippen LogP contribution in [0.25, 0.3) is 0 Å². The highest BCUT2D eigenvalue weighted by atomic mass is 32.2. The van der Waals surface area contributed by atoms with Crippen molar-refractivity contribution in [2.24, 2.45) is 0 Å². The summed E-state index contributed by atoms with van der Waals surface area (Å²) in [6.07, 6.45) is 0.576. The molecular formula is C21H26N4O6S. The molecule has 5 N–H and O–H groups in total. The molecule has 11 heteroatoms. The molecule has 1 heterocycles. The third-order valence-corrected chi connectivity index (χ3v) is 7.26. The maximum absolute atomic E-state index is 12.8. The van der Waals surface area contributed by atoms with E-state index in [0.717, 1.165) is 25.5 Å². The Bertz CT molecular complexity index is 1110. The number of anilines is 1. The van der Waals surface area contributed by atoms with Gasteiger partial charge in [-0.3, -0.25) is 14.3 Å². The predicted molar refractivity (Wildman–Crippen MR) is 116 cm³/mol. The summed E-state index contributed by atoms with van der Waals surface area (Å²) in [5, 5.41) is 26.6. The maximum atomic E-state index is 12.8. The van der Waals surface area contributed by atoms with Crippen LogP contribution < -0.4 is 10.6 Å². The summed E-state index contributed by atoms with van der Waals surface area (Å²) in [6.45, 7) is 0.